The van der Waals surface area contributed by atoms with Crippen molar-refractivity contribution in [1.82, 2.24) is 0 Å². The Morgan fingerprint density at radius 2 is 0.810 bits per heavy atom. The van der Waals surface area contributed by atoms with Gasteiger partial charge in [0.2, 0.25) is 0 Å². The van der Waals surface area contributed by atoms with Crippen LogP contribution in [0.5, 0.6) is 0 Å². The zero-order valence-corrected chi connectivity index (χ0v) is 26.3. The summed E-state index contributed by atoms with van der Waals surface area (Å²) in [6.07, 6.45) is 13.6. The molecule has 0 N–H and O–H groups in total. The van der Waals surface area contributed by atoms with E-state index in [0.29, 0.717) is 11.1 Å². The predicted octanol–water partition coefficient (Wildman–Crippen LogP) is 5.33. The van der Waals surface area contributed by atoms with Crippen LogP contribution in [0.1, 0.15) is 50.7 Å². The van der Waals surface area contributed by atoms with Crippen LogP contribution in [0, 0.1) is 13.8 Å². The van der Waals surface area contributed by atoms with Gasteiger partial charge in [0.15, 0.2) is 24.8 Å². The Morgan fingerprint density at radius 1 is 0.524 bits per heavy atom. The van der Waals surface area contributed by atoms with E-state index in [2.05, 4.69) is 85.9 Å². The molecule has 0 aliphatic rings. The number of pyridine rings is 2. The molecule has 0 spiro atoms. The van der Waals surface area contributed by atoms with Crippen molar-refractivity contribution in [3.05, 3.63) is 109 Å². The second-order valence-corrected chi connectivity index (χ2v) is 12.7. The Bertz CT molecular complexity index is 1450. The van der Waals surface area contributed by atoms with Crippen LogP contribution in [-0.4, -0.2) is 25.9 Å². The molecule has 2 aromatic carbocycles. The zero-order chi connectivity index (χ0) is 31.2. The van der Waals surface area contributed by atoms with Crippen LogP contribution in [0.15, 0.2) is 107 Å². The smallest absolute Gasteiger partial charge is 0.169 e. The minimum atomic E-state index is -4.50. The number of rotatable bonds is 9. The fourth-order valence-corrected chi connectivity index (χ4v) is 4.61. The van der Waals surface area contributed by atoms with Gasteiger partial charge >= 0.3 is 0 Å². The predicted molar refractivity (Wildman–Crippen MR) is 160 cm³/mol. The fraction of sp³-hybridized carbons (Fsp3) is 0.312. The molecule has 8 nitrogen and oxygen atoms in total. The van der Waals surface area contributed by atoms with Crippen molar-refractivity contribution in [2.75, 3.05) is 0 Å². The molecular formula is C32H40N2O6S2. The third kappa shape index (κ3) is 12.6. The number of unbranched alkanes of at least 4 members (excludes halogenated alkanes) is 2. The van der Waals surface area contributed by atoms with Crippen LogP contribution in [0.25, 0.3) is 11.1 Å². The van der Waals surface area contributed by atoms with Gasteiger partial charge in [0.05, 0.1) is 9.79 Å². The number of nitrogens with zero attached hydrogens (tertiary/aromatic N) is 2. The Kier molecular flexibility index (Phi) is 14.0. The molecule has 42 heavy (non-hydrogen) atoms. The van der Waals surface area contributed by atoms with Gasteiger partial charge in [0.25, 0.3) is 0 Å². The summed E-state index contributed by atoms with van der Waals surface area (Å²) in [5.41, 5.74) is 3.84. The lowest BCUT2D eigenvalue weighted by Gasteiger charge is -2.09. The van der Waals surface area contributed by atoms with E-state index in [0.717, 1.165) is 37.4 Å². The van der Waals surface area contributed by atoms with Gasteiger partial charge < -0.3 is 9.11 Å². The van der Waals surface area contributed by atoms with Gasteiger partial charge in [0.1, 0.15) is 33.3 Å². The van der Waals surface area contributed by atoms with Crippen molar-refractivity contribution < 1.29 is 35.1 Å². The summed E-state index contributed by atoms with van der Waals surface area (Å²) in [6, 6.07) is 18.9. The highest BCUT2D eigenvalue weighted by Gasteiger charge is 2.05. The van der Waals surface area contributed by atoms with Crippen molar-refractivity contribution in [2.45, 2.75) is 76.3 Å². The van der Waals surface area contributed by atoms with Crippen LogP contribution >= 0.6 is 0 Å². The van der Waals surface area contributed by atoms with Crippen LogP contribution < -0.4 is 9.13 Å². The van der Waals surface area contributed by atoms with Gasteiger partial charge in [-0.15, -0.1) is 0 Å². The molecule has 0 unspecified atom stereocenters. The van der Waals surface area contributed by atoms with E-state index in [4.69, 9.17) is 0 Å². The number of hydrogen-bond acceptors (Lipinski definition) is 6. The van der Waals surface area contributed by atoms with Gasteiger partial charge in [-0.1, -0.05) is 51.0 Å². The first-order chi connectivity index (χ1) is 19.8. The number of benzene rings is 2. The molecule has 2 aromatic heterocycles. The molecule has 0 radical (unpaired) electrons. The molecular weight excluding hydrogens is 572 g/mol. The molecule has 0 aliphatic carbocycles. The molecule has 0 bridgehead atoms. The van der Waals surface area contributed by atoms with Crippen LogP contribution in [0.2, 0.25) is 0 Å². The molecule has 0 amide bonds. The largest absolute Gasteiger partial charge is 0.744 e. The van der Waals surface area contributed by atoms with E-state index in [1.54, 1.807) is 0 Å². The maximum Gasteiger partial charge on any atom is 0.169 e. The van der Waals surface area contributed by atoms with Crippen LogP contribution in [0.3, 0.4) is 0 Å². The van der Waals surface area contributed by atoms with Gasteiger partial charge in [-0.25, -0.2) is 26.0 Å². The van der Waals surface area contributed by atoms with Gasteiger partial charge in [-0.2, -0.15) is 0 Å². The fourth-order valence-electron chi connectivity index (χ4n) is 3.67. The van der Waals surface area contributed by atoms with Gasteiger partial charge in [0, 0.05) is 37.1 Å². The zero-order valence-electron chi connectivity index (χ0n) is 24.6. The topological polar surface area (TPSA) is 122 Å². The normalized spacial score (nSPS) is 11.1. The van der Waals surface area contributed by atoms with Gasteiger partial charge in [-0.3, -0.25) is 0 Å². The van der Waals surface area contributed by atoms with Gasteiger partial charge in [-0.05, 0) is 60.4 Å². The first-order valence-electron chi connectivity index (χ1n) is 13.9. The van der Waals surface area contributed by atoms with Crippen molar-refractivity contribution in [3.63, 3.8) is 0 Å². The van der Waals surface area contributed by atoms with Crippen molar-refractivity contribution in [2.24, 2.45) is 0 Å². The molecule has 226 valence electrons. The average molecular weight is 613 g/mol. The standard InChI is InChI=1S/C12H10O6S2.2C10H16N/c13-19(14,15)11-5-1-9(2-6-11)10-3-7-12(8-4-10)20(16,17)18;2*1-3-4-7-11-8-5-10(2)6-9-11/h1-8H,(H,13,14,15)(H,16,17,18);2*5-6,8-9H,3-4,7H2,1-2H3/q;2*+1/p-2. The molecule has 0 atom stereocenters. The SMILES string of the molecule is CCCC[n+]1ccc(C)cc1.CCCC[n+]1ccc(C)cc1.O=S(=O)([O-])c1ccc(-c2ccc(S(=O)(=O)[O-])cc2)cc1. The van der Waals surface area contributed by atoms with E-state index < -0.39 is 20.2 Å². The van der Waals surface area contributed by atoms with E-state index >= 15 is 0 Å². The Balaban J connectivity index is 0.000000239. The lowest BCUT2D eigenvalue weighted by atomic mass is 10.1. The van der Waals surface area contributed by atoms with E-state index in [1.165, 1.54) is 61.1 Å². The van der Waals surface area contributed by atoms with Crippen LogP contribution in [0.4, 0.5) is 0 Å². The highest BCUT2D eigenvalue weighted by molar-refractivity contribution is 7.86. The van der Waals surface area contributed by atoms with Crippen LogP contribution in [-0.2, 0) is 33.3 Å². The first-order valence-corrected chi connectivity index (χ1v) is 16.7. The molecule has 2 heterocycles. The average Bonchev–Trinajstić information content (AvgIpc) is 2.96. The highest BCUT2D eigenvalue weighted by atomic mass is 32.2. The monoisotopic (exact) mass is 612 g/mol. The number of aryl methyl sites for hydroxylation is 4. The summed E-state index contributed by atoms with van der Waals surface area (Å²) in [6.45, 7) is 11.0. The van der Waals surface area contributed by atoms with E-state index in [1.807, 2.05) is 0 Å². The van der Waals surface area contributed by atoms with Crippen molar-refractivity contribution in [1.29, 1.82) is 0 Å². The summed E-state index contributed by atoms with van der Waals surface area (Å²) in [5, 5.41) is 0. The minimum absolute atomic E-state index is 0.347. The molecule has 0 saturated heterocycles. The maximum absolute atomic E-state index is 10.8. The van der Waals surface area contributed by atoms with Crippen molar-refractivity contribution >= 4 is 20.2 Å². The Morgan fingerprint density at radius 3 is 1.05 bits per heavy atom. The Hall–Kier alpha value is -3.44. The summed E-state index contributed by atoms with van der Waals surface area (Å²) in [4.78, 5) is -0.694. The maximum atomic E-state index is 10.8. The second-order valence-electron chi connectivity index (χ2n) is 9.89. The quantitative estimate of drug-likeness (QED) is 0.186. The lowest BCUT2D eigenvalue weighted by molar-refractivity contribution is -0.697. The highest BCUT2D eigenvalue weighted by Crippen LogP contribution is 2.22. The summed E-state index contributed by atoms with van der Waals surface area (Å²) in [5.74, 6) is 0. The first kappa shape index (κ1) is 34.8. The summed E-state index contributed by atoms with van der Waals surface area (Å²) in [7, 11) is -9.00. The summed E-state index contributed by atoms with van der Waals surface area (Å²) >= 11 is 0. The third-order valence-corrected chi connectivity index (χ3v) is 7.97. The molecule has 0 saturated carbocycles. The van der Waals surface area contributed by atoms with Crippen molar-refractivity contribution in [3.8, 4) is 11.1 Å². The molecule has 4 aromatic rings. The molecule has 10 heteroatoms. The van der Waals surface area contributed by atoms with E-state index in [9.17, 15) is 25.9 Å². The summed E-state index contributed by atoms with van der Waals surface area (Å²) < 4.78 is 69.1. The second kappa shape index (κ2) is 16.9. The third-order valence-electron chi connectivity index (χ3n) is 6.27. The number of hydrogen-bond donors (Lipinski definition) is 0. The minimum Gasteiger partial charge on any atom is -0.744 e. The lowest BCUT2D eigenvalue weighted by Crippen LogP contribution is -2.32. The molecule has 0 fully saturated rings. The molecule has 4 rings (SSSR count). The number of aromatic nitrogens is 2. The molecule has 0 aliphatic heterocycles. The Labute approximate surface area is 250 Å². The van der Waals surface area contributed by atoms with E-state index in [-0.39, 0.29) is 9.79 Å².